The summed E-state index contributed by atoms with van der Waals surface area (Å²) in [4.78, 5) is 11.2. The van der Waals surface area contributed by atoms with Crippen LogP contribution in [-0.4, -0.2) is 22.0 Å². The molecule has 14 heavy (non-hydrogen) atoms. The predicted octanol–water partition coefficient (Wildman–Crippen LogP) is 2.59. The van der Waals surface area contributed by atoms with Gasteiger partial charge in [-0.1, -0.05) is 34.8 Å². The van der Waals surface area contributed by atoms with Crippen LogP contribution in [0.4, 0.5) is 0 Å². The molecule has 1 heterocycles. The molecule has 0 bridgehead atoms. The fraction of sp³-hybridized carbons (Fsp3) is 0.625. The van der Waals surface area contributed by atoms with Gasteiger partial charge in [0.15, 0.2) is 0 Å². The molecule has 0 spiro atoms. The first-order chi connectivity index (χ1) is 6.21. The average Bonchev–Trinajstić information content (AvgIpc) is 2.28. The van der Waals surface area contributed by atoms with Crippen molar-refractivity contribution in [3.05, 3.63) is 11.8 Å². The Kier molecular flexibility index (Phi) is 3.37. The standard InChI is InChI=1S/C8H9Cl3O3/c1-7(2)13-4-5(14-7)3-6(12)8(9,10)11/h3H,4H2,1-2H3. The highest BCUT2D eigenvalue weighted by Crippen LogP contribution is 2.30. The van der Waals surface area contributed by atoms with Gasteiger partial charge >= 0.3 is 0 Å². The van der Waals surface area contributed by atoms with Gasteiger partial charge in [0.25, 0.3) is 3.79 Å². The lowest BCUT2D eigenvalue weighted by Gasteiger charge is -2.15. The molecule has 1 fully saturated rings. The van der Waals surface area contributed by atoms with E-state index in [9.17, 15) is 4.79 Å². The lowest BCUT2D eigenvalue weighted by molar-refractivity contribution is -0.118. The van der Waals surface area contributed by atoms with Crippen LogP contribution in [0.2, 0.25) is 0 Å². The Bertz CT molecular complexity index is 278. The van der Waals surface area contributed by atoms with E-state index in [4.69, 9.17) is 44.3 Å². The van der Waals surface area contributed by atoms with Gasteiger partial charge in [-0.05, 0) is 0 Å². The number of halogens is 3. The number of carbonyl (C=O) groups is 1. The number of alkyl halides is 3. The topological polar surface area (TPSA) is 35.5 Å². The maximum absolute atomic E-state index is 11.2. The van der Waals surface area contributed by atoms with Crippen molar-refractivity contribution >= 4 is 40.6 Å². The number of allylic oxidation sites excluding steroid dienone is 1. The highest BCUT2D eigenvalue weighted by molar-refractivity contribution is 6.77. The molecule has 80 valence electrons. The van der Waals surface area contributed by atoms with Crippen LogP contribution >= 0.6 is 34.8 Å². The zero-order valence-corrected chi connectivity index (χ0v) is 9.91. The van der Waals surface area contributed by atoms with E-state index in [0.29, 0.717) is 5.76 Å². The number of hydrogen-bond acceptors (Lipinski definition) is 3. The molecule has 0 N–H and O–H groups in total. The predicted molar refractivity (Wildman–Crippen MR) is 54.5 cm³/mol. The van der Waals surface area contributed by atoms with Crippen molar-refractivity contribution in [1.82, 2.24) is 0 Å². The summed E-state index contributed by atoms with van der Waals surface area (Å²) in [6.45, 7) is 3.67. The molecule has 3 nitrogen and oxygen atoms in total. The van der Waals surface area contributed by atoms with Crippen molar-refractivity contribution in [1.29, 1.82) is 0 Å². The summed E-state index contributed by atoms with van der Waals surface area (Å²) in [5.41, 5.74) is 0. The minimum atomic E-state index is -1.94. The molecule has 0 aliphatic carbocycles. The van der Waals surface area contributed by atoms with E-state index >= 15 is 0 Å². The van der Waals surface area contributed by atoms with E-state index in [2.05, 4.69) is 0 Å². The molecule has 0 amide bonds. The lowest BCUT2D eigenvalue weighted by atomic mass is 10.3. The third-order valence-corrected chi connectivity index (χ3v) is 2.07. The maximum atomic E-state index is 11.2. The van der Waals surface area contributed by atoms with Crippen molar-refractivity contribution in [2.75, 3.05) is 6.61 Å². The fourth-order valence-electron chi connectivity index (χ4n) is 0.919. The van der Waals surface area contributed by atoms with E-state index in [0.717, 1.165) is 6.08 Å². The van der Waals surface area contributed by atoms with Crippen LogP contribution in [0.3, 0.4) is 0 Å². The molecule has 1 rings (SSSR count). The van der Waals surface area contributed by atoms with Crippen LogP contribution in [0.15, 0.2) is 11.8 Å². The Labute approximate surface area is 96.9 Å². The highest BCUT2D eigenvalue weighted by Gasteiger charge is 2.33. The Balaban J connectivity index is 2.68. The van der Waals surface area contributed by atoms with Crippen molar-refractivity contribution in [2.45, 2.75) is 23.4 Å². The number of ketones is 1. The van der Waals surface area contributed by atoms with Crippen molar-refractivity contribution in [3.63, 3.8) is 0 Å². The molecule has 0 radical (unpaired) electrons. The lowest BCUT2D eigenvalue weighted by Crippen LogP contribution is -2.19. The van der Waals surface area contributed by atoms with Gasteiger partial charge in [0, 0.05) is 19.9 Å². The van der Waals surface area contributed by atoms with Gasteiger partial charge in [0.1, 0.15) is 12.4 Å². The zero-order valence-electron chi connectivity index (χ0n) is 7.64. The fourth-order valence-corrected chi connectivity index (χ4v) is 1.08. The number of ether oxygens (including phenoxy) is 2. The first-order valence-corrected chi connectivity index (χ1v) is 4.99. The second kappa shape index (κ2) is 3.89. The van der Waals surface area contributed by atoms with Gasteiger partial charge in [0.2, 0.25) is 11.6 Å². The zero-order chi connectivity index (χ0) is 11.0. The SMILES string of the molecule is CC1(C)OCC(=CC(=O)C(Cl)(Cl)Cl)O1. The summed E-state index contributed by atoms with van der Waals surface area (Å²) in [5, 5.41) is 0. The number of rotatable bonds is 1. The van der Waals surface area contributed by atoms with E-state index in [-0.39, 0.29) is 6.61 Å². The summed E-state index contributed by atoms with van der Waals surface area (Å²) < 4.78 is 8.51. The summed E-state index contributed by atoms with van der Waals surface area (Å²) in [5.74, 6) is -0.996. The Morgan fingerprint density at radius 2 is 2.07 bits per heavy atom. The average molecular weight is 260 g/mol. The second-order valence-corrected chi connectivity index (χ2v) is 5.54. The Morgan fingerprint density at radius 3 is 2.43 bits per heavy atom. The molecule has 1 saturated heterocycles. The minimum absolute atomic E-state index is 0.208. The summed E-state index contributed by atoms with van der Waals surface area (Å²) in [7, 11) is 0. The molecule has 1 aliphatic rings. The first-order valence-electron chi connectivity index (χ1n) is 3.85. The summed E-state index contributed by atoms with van der Waals surface area (Å²) in [6, 6.07) is 0. The van der Waals surface area contributed by atoms with Crippen molar-refractivity contribution in [2.24, 2.45) is 0 Å². The van der Waals surface area contributed by atoms with Crippen LogP contribution in [0.25, 0.3) is 0 Å². The largest absolute Gasteiger partial charge is 0.465 e. The highest BCUT2D eigenvalue weighted by atomic mass is 35.6. The van der Waals surface area contributed by atoms with Gasteiger partial charge in [-0.15, -0.1) is 0 Å². The van der Waals surface area contributed by atoms with Gasteiger partial charge < -0.3 is 9.47 Å². The quantitative estimate of drug-likeness (QED) is 0.536. The van der Waals surface area contributed by atoms with E-state index in [1.165, 1.54) is 0 Å². The number of hydrogen-bond donors (Lipinski definition) is 0. The van der Waals surface area contributed by atoms with E-state index in [1.807, 2.05) is 0 Å². The van der Waals surface area contributed by atoms with Gasteiger partial charge in [-0.25, -0.2) is 0 Å². The molecular formula is C8H9Cl3O3. The normalized spacial score (nSPS) is 23.6. The van der Waals surface area contributed by atoms with Gasteiger partial charge in [-0.3, -0.25) is 4.79 Å². The van der Waals surface area contributed by atoms with E-state index < -0.39 is 15.4 Å². The van der Waals surface area contributed by atoms with Crippen LogP contribution in [0.1, 0.15) is 13.8 Å². The molecule has 6 heteroatoms. The second-order valence-electron chi connectivity index (χ2n) is 3.26. The summed E-state index contributed by atoms with van der Waals surface area (Å²) in [6.07, 6.45) is 1.14. The molecule has 0 aromatic rings. The van der Waals surface area contributed by atoms with Crippen molar-refractivity contribution in [3.8, 4) is 0 Å². The number of carbonyl (C=O) groups excluding carboxylic acids is 1. The maximum Gasteiger partial charge on any atom is 0.252 e. The molecule has 0 aromatic heterocycles. The van der Waals surface area contributed by atoms with Crippen LogP contribution in [0, 0.1) is 0 Å². The third kappa shape index (κ3) is 3.31. The molecule has 0 atom stereocenters. The Morgan fingerprint density at radius 1 is 1.50 bits per heavy atom. The first kappa shape index (κ1) is 12.1. The van der Waals surface area contributed by atoms with Crippen LogP contribution in [-0.2, 0) is 14.3 Å². The molecule has 0 aromatic carbocycles. The molecule has 0 saturated carbocycles. The van der Waals surface area contributed by atoms with Gasteiger partial charge in [-0.2, -0.15) is 0 Å². The van der Waals surface area contributed by atoms with Gasteiger partial charge in [0.05, 0.1) is 0 Å². The van der Waals surface area contributed by atoms with Crippen molar-refractivity contribution < 1.29 is 14.3 Å². The van der Waals surface area contributed by atoms with Crippen LogP contribution in [0.5, 0.6) is 0 Å². The summed E-state index contributed by atoms with van der Waals surface area (Å²) >= 11 is 16.1. The monoisotopic (exact) mass is 258 g/mol. The Hall–Kier alpha value is 0.0400. The third-order valence-electron chi connectivity index (χ3n) is 1.51. The smallest absolute Gasteiger partial charge is 0.252 e. The molecular weight excluding hydrogens is 250 g/mol. The molecule has 0 unspecified atom stereocenters. The molecule has 1 aliphatic heterocycles. The minimum Gasteiger partial charge on any atom is -0.465 e. The van der Waals surface area contributed by atoms with Crippen LogP contribution < -0.4 is 0 Å². The van der Waals surface area contributed by atoms with E-state index in [1.54, 1.807) is 13.8 Å².